The molecule has 2 aliphatic carbocycles. The maximum absolute atomic E-state index is 12.7. The summed E-state index contributed by atoms with van der Waals surface area (Å²) in [6.07, 6.45) is 9.32. The molecule has 3 aliphatic rings. The second-order valence-corrected chi connectivity index (χ2v) is 9.89. The standard InChI is InChI=1S/C23H29N5O2S/c29-21(25-15-16-3-2-8-24-14-16)18-6-7-19-20(13-18)31-23(26-19)28-11-9-27(10-12-28)22(30)17-4-1-5-17/h2-3,8,14,17-18H,1,4-7,9-13,15H2,(H,25,29). The van der Waals surface area contributed by atoms with Crippen LogP contribution in [0.5, 0.6) is 0 Å². The minimum Gasteiger partial charge on any atom is -0.352 e. The minimum absolute atomic E-state index is 0.00872. The largest absolute Gasteiger partial charge is 0.352 e. The fraction of sp³-hybridized carbons (Fsp3) is 0.565. The van der Waals surface area contributed by atoms with E-state index in [0.717, 1.165) is 74.7 Å². The van der Waals surface area contributed by atoms with Crippen LogP contribution in [0, 0.1) is 11.8 Å². The number of carbonyl (C=O) groups excluding carboxylic acids is 2. The van der Waals surface area contributed by atoms with Crippen molar-refractivity contribution >= 4 is 28.3 Å². The third-order valence-corrected chi connectivity index (χ3v) is 7.99. The first kappa shape index (κ1) is 20.4. The van der Waals surface area contributed by atoms with Gasteiger partial charge in [-0.1, -0.05) is 12.5 Å². The smallest absolute Gasteiger partial charge is 0.225 e. The van der Waals surface area contributed by atoms with Crippen LogP contribution in [0.4, 0.5) is 5.13 Å². The SMILES string of the molecule is O=C(NCc1cccnc1)C1CCc2nc(N3CCN(C(=O)C4CCC4)CC3)sc2C1. The zero-order chi connectivity index (χ0) is 21.2. The van der Waals surface area contributed by atoms with E-state index in [4.69, 9.17) is 4.98 Å². The summed E-state index contributed by atoms with van der Waals surface area (Å²) in [4.78, 5) is 39.7. The topological polar surface area (TPSA) is 78.4 Å². The van der Waals surface area contributed by atoms with Crippen molar-refractivity contribution < 1.29 is 9.59 Å². The van der Waals surface area contributed by atoms with Crippen LogP contribution >= 0.6 is 11.3 Å². The van der Waals surface area contributed by atoms with Crippen LogP contribution < -0.4 is 10.2 Å². The van der Waals surface area contributed by atoms with Crippen LogP contribution in [0.2, 0.25) is 0 Å². The van der Waals surface area contributed by atoms with E-state index in [1.165, 1.54) is 11.3 Å². The number of anilines is 1. The van der Waals surface area contributed by atoms with Crippen LogP contribution in [0.15, 0.2) is 24.5 Å². The molecule has 7 nitrogen and oxygen atoms in total. The molecule has 5 rings (SSSR count). The molecule has 2 fully saturated rings. The Balaban J connectivity index is 1.15. The zero-order valence-electron chi connectivity index (χ0n) is 17.8. The van der Waals surface area contributed by atoms with Gasteiger partial charge in [-0.25, -0.2) is 4.98 Å². The lowest BCUT2D eigenvalue weighted by molar-refractivity contribution is -0.138. The third-order valence-electron chi connectivity index (χ3n) is 6.80. The number of hydrogen-bond acceptors (Lipinski definition) is 6. The highest BCUT2D eigenvalue weighted by atomic mass is 32.1. The number of carbonyl (C=O) groups is 2. The van der Waals surface area contributed by atoms with Crippen molar-refractivity contribution in [1.29, 1.82) is 0 Å². The van der Waals surface area contributed by atoms with Gasteiger partial charge < -0.3 is 15.1 Å². The predicted octanol–water partition coefficient (Wildman–Crippen LogP) is 2.41. The molecule has 0 spiro atoms. The van der Waals surface area contributed by atoms with Crippen LogP contribution in [0.25, 0.3) is 0 Å². The van der Waals surface area contributed by atoms with Gasteiger partial charge in [-0.15, -0.1) is 11.3 Å². The molecule has 2 aromatic heterocycles. The number of piperazine rings is 1. The third kappa shape index (κ3) is 4.44. The summed E-state index contributed by atoms with van der Waals surface area (Å²) >= 11 is 1.73. The average molecular weight is 440 g/mol. The van der Waals surface area contributed by atoms with Crippen LogP contribution in [-0.2, 0) is 29.0 Å². The van der Waals surface area contributed by atoms with E-state index in [0.29, 0.717) is 12.5 Å². The number of pyridine rings is 1. The molecule has 1 saturated heterocycles. The number of aromatic nitrogens is 2. The van der Waals surface area contributed by atoms with Gasteiger partial charge in [0.25, 0.3) is 0 Å². The van der Waals surface area contributed by atoms with Gasteiger partial charge in [0.1, 0.15) is 0 Å². The summed E-state index contributed by atoms with van der Waals surface area (Å²) in [7, 11) is 0. The number of thiazole rings is 1. The molecule has 2 aromatic rings. The van der Waals surface area contributed by atoms with Crippen LogP contribution in [0.3, 0.4) is 0 Å². The van der Waals surface area contributed by atoms with Gasteiger partial charge >= 0.3 is 0 Å². The first-order valence-corrected chi connectivity index (χ1v) is 12.2. The predicted molar refractivity (Wildman–Crippen MR) is 120 cm³/mol. The van der Waals surface area contributed by atoms with Crippen molar-refractivity contribution in [3.63, 3.8) is 0 Å². The van der Waals surface area contributed by atoms with E-state index in [1.54, 1.807) is 23.7 Å². The van der Waals surface area contributed by atoms with E-state index >= 15 is 0 Å². The molecule has 2 amide bonds. The molecule has 0 bridgehead atoms. The van der Waals surface area contributed by atoms with Gasteiger partial charge in [0.2, 0.25) is 11.8 Å². The Bertz CT molecular complexity index is 935. The first-order valence-electron chi connectivity index (χ1n) is 11.4. The summed E-state index contributed by atoms with van der Waals surface area (Å²) in [6, 6.07) is 3.86. The lowest BCUT2D eigenvalue weighted by Crippen LogP contribution is -2.51. The van der Waals surface area contributed by atoms with E-state index in [9.17, 15) is 9.59 Å². The van der Waals surface area contributed by atoms with Crippen molar-refractivity contribution in [3.8, 4) is 0 Å². The Hall–Kier alpha value is -2.48. The number of amides is 2. The molecular weight excluding hydrogens is 410 g/mol. The maximum Gasteiger partial charge on any atom is 0.225 e. The van der Waals surface area contributed by atoms with Crippen molar-refractivity contribution in [3.05, 3.63) is 40.7 Å². The fourth-order valence-electron chi connectivity index (χ4n) is 4.59. The Labute approximate surface area is 186 Å². The summed E-state index contributed by atoms with van der Waals surface area (Å²) in [5.74, 6) is 0.756. The van der Waals surface area contributed by atoms with Crippen molar-refractivity contribution in [2.75, 3.05) is 31.1 Å². The highest BCUT2D eigenvalue weighted by molar-refractivity contribution is 7.15. The van der Waals surface area contributed by atoms with Crippen molar-refractivity contribution in [2.24, 2.45) is 11.8 Å². The van der Waals surface area contributed by atoms with E-state index < -0.39 is 0 Å². The van der Waals surface area contributed by atoms with Crippen LogP contribution in [-0.4, -0.2) is 52.9 Å². The maximum atomic E-state index is 12.7. The summed E-state index contributed by atoms with van der Waals surface area (Å²) in [5, 5.41) is 4.11. The quantitative estimate of drug-likeness (QED) is 0.774. The zero-order valence-corrected chi connectivity index (χ0v) is 18.6. The summed E-state index contributed by atoms with van der Waals surface area (Å²) in [6.45, 7) is 3.80. The lowest BCUT2D eigenvalue weighted by Gasteiger charge is -2.38. The van der Waals surface area contributed by atoms with Gasteiger partial charge in [-0.05, 0) is 43.7 Å². The minimum atomic E-state index is 0.00872. The Morgan fingerprint density at radius 3 is 2.68 bits per heavy atom. The Kier molecular flexibility index (Phi) is 5.89. The fourth-order valence-corrected chi connectivity index (χ4v) is 5.83. The van der Waals surface area contributed by atoms with Crippen molar-refractivity contribution in [2.45, 2.75) is 45.1 Å². The molecule has 1 N–H and O–H groups in total. The van der Waals surface area contributed by atoms with Crippen LogP contribution in [0.1, 0.15) is 41.8 Å². The van der Waals surface area contributed by atoms with Gasteiger partial charge in [0.15, 0.2) is 5.13 Å². The van der Waals surface area contributed by atoms with Crippen molar-refractivity contribution in [1.82, 2.24) is 20.2 Å². The molecule has 0 radical (unpaired) electrons. The number of aryl methyl sites for hydroxylation is 1. The molecule has 1 aliphatic heterocycles. The second-order valence-electron chi connectivity index (χ2n) is 8.83. The molecule has 8 heteroatoms. The number of rotatable bonds is 5. The summed E-state index contributed by atoms with van der Waals surface area (Å²) in [5.41, 5.74) is 2.17. The number of fused-ring (bicyclic) bond motifs is 1. The molecule has 0 aromatic carbocycles. The molecule has 3 heterocycles. The lowest BCUT2D eigenvalue weighted by atomic mass is 9.84. The summed E-state index contributed by atoms with van der Waals surface area (Å²) < 4.78 is 0. The molecule has 164 valence electrons. The molecule has 1 atom stereocenters. The number of nitrogens with zero attached hydrogens (tertiary/aromatic N) is 4. The van der Waals surface area contributed by atoms with Gasteiger partial charge in [0.05, 0.1) is 5.69 Å². The van der Waals surface area contributed by atoms with E-state index in [2.05, 4.69) is 15.2 Å². The van der Waals surface area contributed by atoms with Gasteiger partial charge in [0, 0.05) is 61.8 Å². The first-order chi connectivity index (χ1) is 15.2. The molecular formula is C23H29N5O2S. The highest BCUT2D eigenvalue weighted by Gasteiger charge is 2.33. The van der Waals surface area contributed by atoms with E-state index in [-0.39, 0.29) is 17.7 Å². The normalized spacial score (nSPS) is 21.4. The number of hydrogen-bond donors (Lipinski definition) is 1. The van der Waals surface area contributed by atoms with E-state index in [1.807, 2.05) is 17.0 Å². The monoisotopic (exact) mass is 439 g/mol. The highest BCUT2D eigenvalue weighted by Crippen LogP contribution is 2.35. The number of nitrogens with one attached hydrogen (secondary N) is 1. The molecule has 31 heavy (non-hydrogen) atoms. The Morgan fingerprint density at radius 1 is 1.13 bits per heavy atom. The Morgan fingerprint density at radius 2 is 1.97 bits per heavy atom. The second kappa shape index (κ2) is 8.94. The van der Waals surface area contributed by atoms with Gasteiger partial charge in [-0.3, -0.25) is 14.6 Å². The molecule has 1 unspecified atom stereocenters. The van der Waals surface area contributed by atoms with Gasteiger partial charge in [-0.2, -0.15) is 0 Å². The molecule has 1 saturated carbocycles. The average Bonchev–Trinajstić information content (AvgIpc) is 3.20.